The summed E-state index contributed by atoms with van der Waals surface area (Å²) < 4.78 is 6.49. The van der Waals surface area contributed by atoms with E-state index in [9.17, 15) is 0 Å². The topological polar surface area (TPSA) is 35.2 Å². The third-order valence-corrected chi connectivity index (χ3v) is 5.58. The minimum absolute atomic E-state index is 0.225. The molecule has 1 aromatic carbocycles. The van der Waals surface area contributed by atoms with Crippen LogP contribution in [0.4, 0.5) is 5.69 Å². The summed E-state index contributed by atoms with van der Waals surface area (Å²) in [6.45, 7) is 0. The fourth-order valence-electron chi connectivity index (χ4n) is 4.46. The molecule has 1 heterocycles. The van der Waals surface area contributed by atoms with Gasteiger partial charge < -0.3 is 10.5 Å². The zero-order valence-corrected chi connectivity index (χ0v) is 12.7. The lowest BCUT2D eigenvalue weighted by molar-refractivity contribution is -0.0479. The van der Waals surface area contributed by atoms with Gasteiger partial charge in [-0.05, 0) is 67.4 Å². The van der Waals surface area contributed by atoms with Crippen molar-refractivity contribution in [2.75, 3.05) is 5.73 Å². The van der Waals surface area contributed by atoms with Crippen LogP contribution in [0.25, 0.3) is 5.57 Å². The lowest BCUT2D eigenvalue weighted by Crippen LogP contribution is -2.31. The number of benzene rings is 1. The second-order valence-corrected chi connectivity index (χ2v) is 7.05. The predicted molar refractivity (Wildman–Crippen MR) is 87.1 cm³/mol. The first-order valence-corrected chi connectivity index (χ1v) is 8.51. The van der Waals surface area contributed by atoms with Gasteiger partial charge in [0, 0.05) is 5.69 Å². The maximum Gasteiger partial charge on any atom is 0.0770 e. The van der Waals surface area contributed by atoms with Crippen LogP contribution in [-0.4, -0.2) is 11.7 Å². The summed E-state index contributed by atoms with van der Waals surface area (Å²) in [4.78, 5) is 0. The van der Waals surface area contributed by atoms with Crippen LogP contribution in [0.15, 0.2) is 24.3 Å². The summed E-state index contributed by atoms with van der Waals surface area (Å²) in [5.41, 5.74) is 11.3. The van der Waals surface area contributed by atoms with Crippen molar-refractivity contribution < 1.29 is 4.74 Å². The number of ether oxygens (including phenoxy) is 1. The summed E-state index contributed by atoms with van der Waals surface area (Å²) in [6.07, 6.45) is 14.1. The minimum atomic E-state index is 0.225. The Morgan fingerprint density at radius 3 is 2.81 bits per heavy atom. The van der Waals surface area contributed by atoms with E-state index in [4.69, 9.17) is 10.5 Å². The number of anilines is 1. The van der Waals surface area contributed by atoms with Gasteiger partial charge >= 0.3 is 0 Å². The number of nitrogens with two attached hydrogens (primary N) is 1. The summed E-state index contributed by atoms with van der Waals surface area (Å²) in [6, 6.07) is 6.35. The van der Waals surface area contributed by atoms with E-state index in [0.717, 1.165) is 18.5 Å². The van der Waals surface area contributed by atoms with E-state index in [1.54, 1.807) is 0 Å². The first kappa shape index (κ1) is 13.4. The van der Waals surface area contributed by atoms with Gasteiger partial charge in [0.1, 0.15) is 0 Å². The number of rotatable bonds is 1. The van der Waals surface area contributed by atoms with E-state index in [0.29, 0.717) is 6.10 Å². The van der Waals surface area contributed by atoms with Gasteiger partial charge in [-0.15, -0.1) is 0 Å². The highest BCUT2D eigenvalue weighted by molar-refractivity contribution is 5.74. The summed E-state index contributed by atoms with van der Waals surface area (Å²) >= 11 is 0. The minimum Gasteiger partial charge on any atom is -0.399 e. The van der Waals surface area contributed by atoms with Crippen LogP contribution in [0.3, 0.4) is 0 Å². The first-order valence-electron chi connectivity index (χ1n) is 8.51. The molecule has 2 fully saturated rings. The highest BCUT2D eigenvalue weighted by Crippen LogP contribution is 2.43. The molecule has 1 saturated heterocycles. The molecule has 3 aliphatic rings. The zero-order valence-electron chi connectivity index (χ0n) is 12.7. The van der Waals surface area contributed by atoms with Crippen molar-refractivity contribution in [1.82, 2.24) is 0 Å². The fraction of sp³-hybridized carbons (Fsp3) is 0.579. The summed E-state index contributed by atoms with van der Waals surface area (Å²) in [5, 5.41) is 0. The van der Waals surface area contributed by atoms with Crippen LogP contribution >= 0.6 is 0 Å². The Morgan fingerprint density at radius 1 is 1.10 bits per heavy atom. The molecule has 0 amide bonds. The fourth-order valence-corrected chi connectivity index (χ4v) is 4.46. The SMILES string of the molecule is Nc1ccc2c(c1)CC/C2=C\C1CCC2(CCCCC2)O1. The molecule has 2 N–H and O–H groups in total. The molecular weight excluding hydrogens is 258 g/mol. The predicted octanol–water partition coefficient (Wildman–Crippen LogP) is 4.48. The maximum absolute atomic E-state index is 6.49. The molecule has 4 rings (SSSR count). The molecule has 1 atom stereocenters. The van der Waals surface area contributed by atoms with Gasteiger partial charge in [-0.25, -0.2) is 0 Å². The van der Waals surface area contributed by atoms with Crippen LogP contribution in [0.1, 0.15) is 62.5 Å². The van der Waals surface area contributed by atoms with Crippen LogP contribution in [0.5, 0.6) is 0 Å². The molecule has 1 unspecified atom stereocenters. The molecule has 0 radical (unpaired) electrons. The molecular formula is C19H25NO. The average molecular weight is 283 g/mol. The Hall–Kier alpha value is -1.28. The molecule has 1 spiro atoms. The highest BCUT2D eigenvalue weighted by atomic mass is 16.5. The molecule has 112 valence electrons. The molecule has 0 bridgehead atoms. The largest absolute Gasteiger partial charge is 0.399 e. The number of aryl methyl sites for hydroxylation is 1. The van der Waals surface area contributed by atoms with Crippen LogP contribution in [0, 0.1) is 0 Å². The zero-order chi connectivity index (χ0) is 14.3. The van der Waals surface area contributed by atoms with Gasteiger partial charge in [0.05, 0.1) is 11.7 Å². The smallest absolute Gasteiger partial charge is 0.0770 e. The van der Waals surface area contributed by atoms with Gasteiger partial charge in [0.25, 0.3) is 0 Å². The summed E-state index contributed by atoms with van der Waals surface area (Å²) in [5.74, 6) is 0. The Labute approximate surface area is 127 Å². The average Bonchev–Trinajstić information content (AvgIpc) is 3.05. The van der Waals surface area contributed by atoms with Crippen LogP contribution in [-0.2, 0) is 11.2 Å². The van der Waals surface area contributed by atoms with Gasteiger partial charge in [-0.2, -0.15) is 0 Å². The molecule has 1 saturated carbocycles. The Morgan fingerprint density at radius 2 is 1.95 bits per heavy atom. The molecule has 21 heavy (non-hydrogen) atoms. The second-order valence-electron chi connectivity index (χ2n) is 7.05. The molecule has 1 aliphatic heterocycles. The quantitative estimate of drug-likeness (QED) is 0.771. The van der Waals surface area contributed by atoms with Gasteiger partial charge in [-0.3, -0.25) is 0 Å². The highest BCUT2D eigenvalue weighted by Gasteiger charge is 2.40. The monoisotopic (exact) mass is 283 g/mol. The van der Waals surface area contributed by atoms with E-state index in [1.807, 2.05) is 6.07 Å². The Kier molecular flexibility index (Phi) is 3.30. The molecule has 2 heteroatoms. The maximum atomic E-state index is 6.49. The second kappa shape index (κ2) is 5.17. The van der Waals surface area contributed by atoms with Gasteiger partial charge in [-0.1, -0.05) is 31.4 Å². The van der Waals surface area contributed by atoms with Crippen molar-refractivity contribution in [2.24, 2.45) is 0 Å². The van der Waals surface area contributed by atoms with Crippen molar-refractivity contribution in [1.29, 1.82) is 0 Å². The lowest BCUT2D eigenvalue weighted by atomic mass is 9.83. The van der Waals surface area contributed by atoms with E-state index in [1.165, 1.54) is 61.6 Å². The summed E-state index contributed by atoms with van der Waals surface area (Å²) in [7, 11) is 0. The number of hydrogen-bond acceptors (Lipinski definition) is 2. The van der Waals surface area contributed by atoms with E-state index >= 15 is 0 Å². The Balaban J connectivity index is 1.52. The van der Waals surface area contributed by atoms with Gasteiger partial charge in [0.15, 0.2) is 0 Å². The molecule has 0 aromatic heterocycles. The van der Waals surface area contributed by atoms with Crippen molar-refractivity contribution in [3.05, 3.63) is 35.4 Å². The first-order chi connectivity index (χ1) is 10.2. The third-order valence-electron chi connectivity index (χ3n) is 5.58. The van der Waals surface area contributed by atoms with E-state index < -0.39 is 0 Å². The molecule has 2 nitrogen and oxygen atoms in total. The number of hydrogen-bond donors (Lipinski definition) is 1. The van der Waals surface area contributed by atoms with Crippen LogP contribution < -0.4 is 5.73 Å². The Bertz CT molecular complexity index is 569. The van der Waals surface area contributed by atoms with Crippen molar-refractivity contribution in [2.45, 2.75) is 69.5 Å². The molecule has 2 aliphatic carbocycles. The van der Waals surface area contributed by atoms with Crippen molar-refractivity contribution in [3.63, 3.8) is 0 Å². The van der Waals surface area contributed by atoms with E-state index in [-0.39, 0.29) is 5.60 Å². The van der Waals surface area contributed by atoms with Gasteiger partial charge in [0.2, 0.25) is 0 Å². The van der Waals surface area contributed by atoms with E-state index in [2.05, 4.69) is 18.2 Å². The normalized spacial score (nSPS) is 29.1. The standard InChI is InChI=1S/C19H25NO/c20-16-6-7-18-14(12-16)4-5-15(18)13-17-8-11-19(21-17)9-2-1-3-10-19/h6-7,12-13,17H,1-5,8-11,20H2/b15-13+. The van der Waals surface area contributed by atoms with Crippen LogP contribution in [0.2, 0.25) is 0 Å². The van der Waals surface area contributed by atoms with Crippen molar-refractivity contribution >= 4 is 11.3 Å². The number of fused-ring (bicyclic) bond motifs is 1. The lowest BCUT2D eigenvalue weighted by Gasteiger charge is -2.33. The number of allylic oxidation sites excluding steroid dienone is 1. The number of nitrogen functional groups attached to an aromatic ring is 1. The third kappa shape index (κ3) is 2.50. The van der Waals surface area contributed by atoms with Crippen molar-refractivity contribution in [3.8, 4) is 0 Å². The molecule has 1 aromatic rings.